The molecule has 0 aromatic carbocycles. The lowest BCUT2D eigenvalue weighted by Crippen LogP contribution is -2.47. The number of hydrogen-bond donors (Lipinski definition) is 2. The summed E-state index contributed by atoms with van der Waals surface area (Å²) in [6.07, 6.45) is 1.55. The molecule has 7 heteroatoms. The molecule has 1 aromatic heterocycles. The molecule has 0 spiro atoms. The zero-order valence-corrected chi connectivity index (χ0v) is 11.9. The number of nitrogens with zero attached hydrogens (tertiary/aromatic N) is 3. The molecule has 0 bridgehead atoms. The summed E-state index contributed by atoms with van der Waals surface area (Å²) in [5.41, 5.74) is 1.38. The lowest BCUT2D eigenvalue weighted by molar-refractivity contribution is 0.0209. The van der Waals surface area contributed by atoms with Crippen molar-refractivity contribution in [3.05, 3.63) is 18.0 Å². The van der Waals surface area contributed by atoms with Gasteiger partial charge in [0, 0.05) is 25.7 Å². The van der Waals surface area contributed by atoms with Crippen LogP contribution in [0.4, 0.5) is 10.5 Å². The van der Waals surface area contributed by atoms with E-state index in [2.05, 4.69) is 32.7 Å². The average molecular weight is 279 g/mol. The van der Waals surface area contributed by atoms with Gasteiger partial charge in [-0.2, -0.15) is 10.2 Å². The number of morpholine rings is 1. The van der Waals surface area contributed by atoms with E-state index in [9.17, 15) is 4.79 Å². The van der Waals surface area contributed by atoms with Gasteiger partial charge >= 0.3 is 6.03 Å². The summed E-state index contributed by atoms with van der Waals surface area (Å²) in [7, 11) is 0. The van der Waals surface area contributed by atoms with Crippen LogP contribution >= 0.6 is 0 Å². The van der Waals surface area contributed by atoms with Crippen LogP contribution in [-0.4, -0.2) is 60.0 Å². The Balaban J connectivity index is 1.76. The Labute approximate surface area is 118 Å². The third-order valence-electron chi connectivity index (χ3n) is 3.38. The van der Waals surface area contributed by atoms with Crippen LogP contribution in [0.25, 0.3) is 0 Å². The van der Waals surface area contributed by atoms with Crippen molar-refractivity contribution >= 4 is 11.7 Å². The number of amides is 2. The van der Waals surface area contributed by atoms with Crippen LogP contribution in [0.15, 0.2) is 12.3 Å². The van der Waals surface area contributed by atoms with Crippen molar-refractivity contribution in [2.45, 2.75) is 19.9 Å². The van der Waals surface area contributed by atoms with Crippen molar-refractivity contribution in [3.63, 3.8) is 0 Å². The van der Waals surface area contributed by atoms with Crippen molar-refractivity contribution in [2.75, 3.05) is 38.2 Å². The zero-order chi connectivity index (χ0) is 14.4. The van der Waals surface area contributed by atoms with E-state index in [4.69, 9.17) is 4.74 Å². The number of aryl methyl sites for hydroxylation is 1. The molecule has 1 aromatic rings. The first kappa shape index (κ1) is 14.7. The molecule has 1 unspecified atom stereocenters. The van der Waals surface area contributed by atoms with Crippen molar-refractivity contribution < 1.29 is 9.53 Å². The molecule has 2 N–H and O–H groups in total. The molecule has 2 rings (SSSR count). The molecule has 20 heavy (non-hydrogen) atoms. The highest BCUT2D eigenvalue weighted by molar-refractivity contribution is 5.89. The van der Waals surface area contributed by atoms with Crippen LogP contribution in [0.2, 0.25) is 0 Å². The number of nitrogens with one attached hydrogen (secondary N) is 2. The van der Waals surface area contributed by atoms with E-state index >= 15 is 0 Å². The SMILES string of the molecule is Cc1nnccc1NC(=O)NCC(C)N1CCOCC1. The van der Waals surface area contributed by atoms with Gasteiger partial charge in [-0.25, -0.2) is 4.79 Å². The van der Waals surface area contributed by atoms with E-state index in [0.29, 0.717) is 24.0 Å². The van der Waals surface area contributed by atoms with Gasteiger partial charge in [0.1, 0.15) is 0 Å². The fourth-order valence-corrected chi connectivity index (χ4v) is 2.09. The molecule has 0 aliphatic carbocycles. The fraction of sp³-hybridized carbons (Fsp3) is 0.615. The molecule has 2 amide bonds. The number of anilines is 1. The minimum atomic E-state index is -0.221. The van der Waals surface area contributed by atoms with Crippen molar-refractivity contribution in [1.29, 1.82) is 0 Å². The molecule has 1 aliphatic heterocycles. The standard InChI is InChI=1S/C13H21N5O2/c1-10(18-5-7-20-8-6-18)9-14-13(19)16-12-3-4-15-17-11(12)2/h3-4,10H,5-9H2,1-2H3,(H2,14,15,16,19). The van der Waals surface area contributed by atoms with Gasteiger partial charge in [0.25, 0.3) is 0 Å². The highest BCUT2D eigenvalue weighted by Gasteiger charge is 2.17. The summed E-state index contributed by atoms with van der Waals surface area (Å²) in [5, 5.41) is 13.3. The normalized spacial score (nSPS) is 17.5. The van der Waals surface area contributed by atoms with E-state index in [1.54, 1.807) is 19.2 Å². The summed E-state index contributed by atoms with van der Waals surface area (Å²) >= 11 is 0. The number of rotatable bonds is 4. The predicted octanol–water partition coefficient (Wildman–Crippen LogP) is 0.627. The van der Waals surface area contributed by atoms with E-state index in [1.165, 1.54) is 0 Å². The largest absolute Gasteiger partial charge is 0.379 e. The van der Waals surface area contributed by atoms with Gasteiger partial charge in [-0.1, -0.05) is 0 Å². The van der Waals surface area contributed by atoms with Crippen molar-refractivity contribution in [3.8, 4) is 0 Å². The second kappa shape index (κ2) is 7.16. The third kappa shape index (κ3) is 4.14. The van der Waals surface area contributed by atoms with Crippen LogP contribution in [0.5, 0.6) is 0 Å². The summed E-state index contributed by atoms with van der Waals surface area (Å²) in [5.74, 6) is 0. The second-order valence-electron chi connectivity index (χ2n) is 4.86. The molecule has 2 heterocycles. The van der Waals surface area contributed by atoms with Gasteiger partial charge in [-0.3, -0.25) is 4.90 Å². The topological polar surface area (TPSA) is 79.4 Å². The van der Waals surface area contributed by atoms with Crippen LogP contribution in [-0.2, 0) is 4.74 Å². The molecule has 1 fully saturated rings. The van der Waals surface area contributed by atoms with E-state index < -0.39 is 0 Å². The summed E-state index contributed by atoms with van der Waals surface area (Å²) in [6, 6.07) is 1.80. The van der Waals surface area contributed by atoms with Crippen LogP contribution in [0, 0.1) is 6.92 Å². The van der Waals surface area contributed by atoms with E-state index in [1.807, 2.05) is 0 Å². The van der Waals surface area contributed by atoms with Crippen molar-refractivity contribution in [1.82, 2.24) is 20.4 Å². The average Bonchev–Trinajstić information content (AvgIpc) is 2.48. The number of carbonyl (C=O) groups excluding carboxylic acids is 1. The van der Waals surface area contributed by atoms with Crippen molar-refractivity contribution in [2.24, 2.45) is 0 Å². The number of aromatic nitrogens is 2. The van der Waals surface area contributed by atoms with Gasteiger partial charge in [0.05, 0.1) is 30.8 Å². The highest BCUT2D eigenvalue weighted by atomic mass is 16.5. The molecule has 7 nitrogen and oxygen atoms in total. The quantitative estimate of drug-likeness (QED) is 0.845. The Morgan fingerprint density at radius 3 is 2.95 bits per heavy atom. The first-order valence-electron chi connectivity index (χ1n) is 6.82. The molecular weight excluding hydrogens is 258 g/mol. The van der Waals surface area contributed by atoms with Gasteiger partial charge in [0.2, 0.25) is 0 Å². The smallest absolute Gasteiger partial charge is 0.319 e. The molecule has 1 aliphatic rings. The Morgan fingerprint density at radius 1 is 1.50 bits per heavy atom. The third-order valence-corrected chi connectivity index (χ3v) is 3.38. The molecule has 1 atom stereocenters. The molecule has 110 valence electrons. The summed E-state index contributed by atoms with van der Waals surface area (Å²) in [6.45, 7) is 7.86. The first-order valence-corrected chi connectivity index (χ1v) is 6.82. The Kier molecular flexibility index (Phi) is 5.25. The minimum Gasteiger partial charge on any atom is -0.379 e. The molecule has 0 radical (unpaired) electrons. The number of carbonyl (C=O) groups is 1. The Bertz CT molecular complexity index is 448. The van der Waals surface area contributed by atoms with Gasteiger partial charge < -0.3 is 15.4 Å². The highest BCUT2D eigenvalue weighted by Crippen LogP contribution is 2.08. The maximum atomic E-state index is 11.8. The van der Waals surface area contributed by atoms with Gasteiger partial charge in [0.15, 0.2) is 0 Å². The lowest BCUT2D eigenvalue weighted by atomic mass is 10.2. The van der Waals surface area contributed by atoms with Gasteiger partial charge in [-0.15, -0.1) is 0 Å². The van der Waals surface area contributed by atoms with Crippen LogP contribution in [0.1, 0.15) is 12.6 Å². The van der Waals surface area contributed by atoms with Crippen LogP contribution in [0.3, 0.4) is 0 Å². The maximum absolute atomic E-state index is 11.8. The molecular formula is C13H21N5O2. The fourth-order valence-electron chi connectivity index (χ4n) is 2.09. The summed E-state index contributed by atoms with van der Waals surface area (Å²) < 4.78 is 5.31. The predicted molar refractivity (Wildman–Crippen MR) is 75.6 cm³/mol. The lowest BCUT2D eigenvalue weighted by Gasteiger charge is -2.32. The second-order valence-corrected chi connectivity index (χ2v) is 4.86. The first-order chi connectivity index (χ1) is 9.66. The minimum absolute atomic E-state index is 0.221. The Morgan fingerprint density at radius 2 is 2.25 bits per heavy atom. The monoisotopic (exact) mass is 279 g/mol. The van der Waals surface area contributed by atoms with Gasteiger partial charge in [-0.05, 0) is 19.9 Å². The number of urea groups is 1. The zero-order valence-electron chi connectivity index (χ0n) is 11.9. The summed E-state index contributed by atoms with van der Waals surface area (Å²) in [4.78, 5) is 14.1. The maximum Gasteiger partial charge on any atom is 0.319 e. The van der Waals surface area contributed by atoms with E-state index in [0.717, 1.165) is 26.3 Å². The molecule has 1 saturated heterocycles. The van der Waals surface area contributed by atoms with Crippen LogP contribution < -0.4 is 10.6 Å². The van der Waals surface area contributed by atoms with E-state index in [-0.39, 0.29) is 6.03 Å². The number of ether oxygens (including phenoxy) is 1. The molecule has 0 saturated carbocycles. The Hall–Kier alpha value is -1.73. The number of hydrogen-bond acceptors (Lipinski definition) is 5.